The summed E-state index contributed by atoms with van der Waals surface area (Å²) in [5.74, 6) is -3.34. The number of fused-ring (bicyclic) bond motifs is 1. The minimum Gasteiger partial charge on any atom is -0.480 e. The molecule has 0 fully saturated rings. The summed E-state index contributed by atoms with van der Waals surface area (Å²) in [5.41, 5.74) is 0.917. The molecule has 0 radical (unpaired) electrons. The number of nitrogens with zero attached hydrogens (tertiary/aromatic N) is 2. The quantitative estimate of drug-likeness (QED) is 0.419. The van der Waals surface area contributed by atoms with Crippen molar-refractivity contribution in [1.29, 1.82) is 0 Å². The number of anilines is 2. The van der Waals surface area contributed by atoms with Crippen molar-refractivity contribution in [3.05, 3.63) is 89.4 Å². The number of carbonyl (C=O) groups is 2. The maximum atomic E-state index is 14.4. The zero-order valence-electron chi connectivity index (χ0n) is 17.0. The number of aromatic nitrogens is 2. The highest BCUT2D eigenvalue weighted by Gasteiger charge is 2.17. The lowest BCUT2D eigenvalue weighted by molar-refractivity contribution is 0.103. The highest BCUT2D eigenvalue weighted by molar-refractivity contribution is 6.11. The Kier molecular flexibility index (Phi) is 5.90. The van der Waals surface area contributed by atoms with E-state index < -0.39 is 29.3 Å². The lowest BCUT2D eigenvalue weighted by Gasteiger charge is -2.10. The van der Waals surface area contributed by atoms with E-state index in [4.69, 9.17) is 4.74 Å². The molecule has 1 heterocycles. The van der Waals surface area contributed by atoms with Crippen molar-refractivity contribution in [2.45, 2.75) is 0 Å². The van der Waals surface area contributed by atoms with Crippen LogP contribution in [-0.2, 0) is 0 Å². The largest absolute Gasteiger partial charge is 0.480 e. The molecule has 2 N–H and O–H groups in total. The van der Waals surface area contributed by atoms with E-state index in [0.29, 0.717) is 11.0 Å². The fourth-order valence-electron chi connectivity index (χ4n) is 3.03. The predicted molar refractivity (Wildman–Crippen MR) is 115 cm³/mol. The van der Waals surface area contributed by atoms with Gasteiger partial charge in [0.25, 0.3) is 0 Å². The topological polar surface area (TPSA) is 93.2 Å². The van der Waals surface area contributed by atoms with Gasteiger partial charge in [-0.15, -0.1) is 0 Å². The molecule has 2 amide bonds. The first kappa shape index (κ1) is 21.8. The normalized spacial score (nSPS) is 10.7. The van der Waals surface area contributed by atoms with Crippen molar-refractivity contribution in [3.63, 3.8) is 0 Å². The van der Waals surface area contributed by atoms with Gasteiger partial charge < -0.3 is 15.4 Å². The number of nitrogens with one attached hydrogen (secondary N) is 2. The lowest BCUT2D eigenvalue weighted by Crippen LogP contribution is -2.20. The Hall–Kier alpha value is -4.47. The average molecular weight is 452 g/mol. The van der Waals surface area contributed by atoms with Crippen molar-refractivity contribution in [1.82, 2.24) is 9.97 Å². The van der Waals surface area contributed by atoms with Crippen molar-refractivity contribution in [2.75, 3.05) is 17.7 Å². The van der Waals surface area contributed by atoms with Crippen LogP contribution >= 0.6 is 0 Å². The predicted octanol–water partition coefficient (Wildman–Crippen LogP) is 4.93. The first-order valence-corrected chi connectivity index (χ1v) is 9.52. The lowest BCUT2D eigenvalue weighted by atomic mass is 10.0. The summed E-state index contributed by atoms with van der Waals surface area (Å²) in [6, 6.07) is 10.0. The number of hydrogen-bond acceptors (Lipinski definition) is 5. The van der Waals surface area contributed by atoms with Crippen LogP contribution in [0.5, 0.6) is 5.88 Å². The molecule has 0 saturated heterocycles. The Balaban J connectivity index is 1.56. The molecule has 0 saturated carbocycles. The van der Waals surface area contributed by atoms with E-state index in [2.05, 4.69) is 20.6 Å². The highest BCUT2D eigenvalue weighted by atomic mass is 19.2. The summed E-state index contributed by atoms with van der Waals surface area (Å²) in [6.45, 7) is 0. The van der Waals surface area contributed by atoms with E-state index in [1.165, 1.54) is 43.6 Å². The van der Waals surface area contributed by atoms with E-state index in [0.717, 1.165) is 18.2 Å². The molecule has 0 unspecified atom stereocenters. The maximum Gasteiger partial charge on any atom is 0.323 e. The van der Waals surface area contributed by atoms with Gasteiger partial charge in [-0.1, -0.05) is 0 Å². The highest BCUT2D eigenvalue weighted by Crippen LogP contribution is 2.22. The van der Waals surface area contributed by atoms with Gasteiger partial charge in [-0.3, -0.25) is 4.79 Å². The van der Waals surface area contributed by atoms with E-state index in [1.54, 1.807) is 6.07 Å². The summed E-state index contributed by atoms with van der Waals surface area (Å²) in [5, 5.41) is 4.74. The Morgan fingerprint density at radius 2 is 1.52 bits per heavy atom. The van der Waals surface area contributed by atoms with E-state index >= 15 is 0 Å². The molecule has 4 aromatic rings. The molecule has 0 aliphatic heterocycles. The van der Waals surface area contributed by atoms with Gasteiger partial charge in [0.2, 0.25) is 5.88 Å². The number of carbonyl (C=O) groups excluding carboxylic acids is 2. The van der Waals surface area contributed by atoms with Crippen LogP contribution in [0.15, 0.2) is 60.8 Å². The number of urea groups is 1. The third kappa shape index (κ3) is 4.74. The van der Waals surface area contributed by atoms with Gasteiger partial charge in [-0.25, -0.2) is 27.9 Å². The van der Waals surface area contributed by atoms with E-state index in [1.807, 2.05) is 0 Å². The third-order valence-electron chi connectivity index (χ3n) is 4.64. The van der Waals surface area contributed by atoms with Gasteiger partial charge in [0.05, 0.1) is 29.9 Å². The molecular weight excluding hydrogens is 437 g/mol. The van der Waals surface area contributed by atoms with Crippen molar-refractivity contribution in [2.24, 2.45) is 0 Å². The molecule has 0 aliphatic carbocycles. The SMILES string of the molecule is COc1cnc2ccc(C(=O)c3cc(NC(=O)Nc4ccc(F)c(F)c4)ccc3F)cc2n1. The van der Waals surface area contributed by atoms with Crippen LogP contribution in [0.25, 0.3) is 11.0 Å². The summed E-state index contributed by atoms with van der Waals surface area (Å²) >= 11 is 0. The van der Waals surface area contributed by atoms with E-state index in [-0.39, 0.29) is 28.4 Å². The number of hydrogen-bond donors (Lipinski definition) is 2. The van der Waals surface area contributed by atoms with Crippen LogP contribution in [0.3, 0.4) is 0 Å². The molecule has 3 aromatic carbocycles. The number of rotatable bonds is 5. The standard InChI is InChI=1S/C23H15F3N4O3/c1-33-21-11-27-19-7-2-12(8-20(19)30-21)22(31)15-9-13(3-5-16(15)24)28-23(32)29-14-4-6-17(25)18(26)10-14/h2-11H,1H3,(H2,28,29,32). The minimum absolute atomic E-state index is 0.0116. The van der Waals surface area contributed by atoms with Gasteiger partial charge in [-0.05, 0) is 48.5 Å². The average Bonchev–Trinajstić information content (AvgIpc) is 2.81. The van der Waals surface area contributed by atoms with Gasteiger partial charge in [0, 0.05) is 23.0 Å². The number of benzene rings is 3. The minimum atomic E-state index is -1.12. The van der Waals surface area contributed by atoms with Gasteiger partial charge in [-0.2, -0.15) is 0 Å². The van der Waals surface area contributed by atoms with Crippen LogP contribution in [0.1, 0.15) is 15.9 Å². The molecule has 166 valence electrons. The molecule has 4 rings (SSSR count). The number of ketones is 1. The van der Waals surface area contributed by atoms with Crippen LogP contribution in [0, 0.1) is 17.5 Å². The smallest absolute Gasteiger partial charge is 0.323 e. The van der Waals surface area contributed by atoms with Crippen LogP contribution < -0.4 is 15.4 Å². The van der Waals surface area contributed by atoms with E-state index in [9.17, 15) is 22.8 Å². The number of halogens is 3. The molecule has 7 nitrogen and oxygen atoms in total. The first-order valence-electron chi connectivity index (χ1n) is 9.52. The summed E-state index contributed by atoms with van der Waals surface area (Å²) < 4.78 is 45.8. The first-order chi connectivity index (χ1) is 15.8. The van der Waals surface area contributed by atoms with Crippen molar-refractivity contribution in [3.8, 4) is 5.88 Å². The third-order valence-corrected chi connectivity index (χ3v) is 4.64. The molecule has 10 heteroatoms. The van der Waals surface area contributed by atoms with Gasteiger partial charge >= 0.3 is 6.03 Å². The molecule has 1 aromatic heterocycles. The van der Waals surface area contributed by atoms with Gasteiger partial charge in [0.1, 0.15) is 5.82 Å². The zero-order chi connectivity index (χ0) is 23.5. The molecular formula is C23H15F3N4O3. The Bertz CT molecular complexity index is 1400. The second kappa shape index (κ2) is 8.95. The van der Waals surface area contributed by atoms with Gasteiger partial charge in [0.15, 0.2) is 17.4 Å². The number of ether oxygens (including phenoxy) is 1. The zero-order valence-corrected chi connectivity index (χ0v) is 17.0. The fraction of sp³-hybridized carbons (Fsp3) is 0.0435. The maximum absolute atomic E-state index is 14.4. The summed E-state index contributed by atoms with van der Waals surface area (Å²) in [4.78, 5) is 33.5. The Morgan fingerprint density at radius 1 is 0.818 bits per heavy atom. The number of amides is 2. The van der Waals surface area contributed by atoms with Crippen molar-refractivity contribution >= 4 is 34.2 Å². The molecule has 33 heavy (non-hydrogen) atoms. The molecule has 0 aliphatic rings. The summed E-state index contributed by atoms with van der Waals surface area (Å²) in [6.07, 6.45) is 1.43. The fourth-order valence-corrected chi connectivity index (χ4v) is 3.03. The Morgan fingerprint density at radius 3 is 2.21 bits per heavy atom. The van der Waals surface area contributed by atoms with Crippen LogP contribution in [0.2, 0.25) is 0 Å². The second-order valence-corrected chi connectivity index (χ2v) is 6.85. The second-order valence-electron chi connectivity index (χ2n) is 6.85. The molecule has 0 atom stereocenters. The monoisotopic (exact) mass is 452 g/mol. The van der Waals surface area contributed by atoms with Crippen molar-refractivity contribution < 1.29 is 27.5 Å². The molecule has 0 bridgehead atoms. The molecule has 0 spiro atoms. The van der Waals surface area contributed by atoms with Crippen LogP contribution in [-0.4, -0.2) is 28.9 Å². The number of methoxy groups -OCH3 is 1. The summed E-state index contributed by atoms with van der Waals surface area (Å²) in [7, 11) is 1.43. The van der Waals surface area contributed by atoms with Crippen LogP contribution in [0.4, 0.5) is 29.3 Å². The Labute approximate surface area is 185 Å².